The Kier molecular flexibility index (Phi) is 3.32. The maximum Gasteiger partial charge on any atom is 0.119 e. The third-order valence-electron chi connectivity index (χ3n) is 1.86. The standard InChI is InChI=1S/C12H13O/c1-3-7-10(4-2)11-8-5-6-9-12(11)13/h3-6,8-9,13H,1-2,7H2. The van der Waals surface area contributed by atoms with Crippen molar-refractivity contribution in [3.05, 3.63) is 61.1 Å². The highest BCUT2D eigenvalue weighted by molar-refractivity contribution is 5.46. The van der Waals surface area contributed by atoms with Crippen LogP contribution in [-0.4, -0.2) is 5.11 Å². The van der Waals surface area contributed by atoms with Crippen molar-refractivity contribution in [1.29, 1.82) is 0 Å². The lowest BCUT2D eigenvalue weighted by atomic mass is 9.95. The molecule has 0 spiro atoms. The number of aromatic hydroxyl groups is 1. The molecule has 1 heteroatoms. The molecule has 1 nitrogen and oxygen atoms in total. The molecule has 0 aromatic heterocycles. The molecule has 13 heavy (non-hydrogen) atoms. The number of hydrogen-bond acceptors (Lipinski definition) is 1. The van der Waals surface area contributed by atoms with Crippen molar-refractivity contribution >= 4 is 0 Å². The van der Waals surface area contributed by atoms with Gasteiger partial charge in [0, 0.05) is 11.5 Å². The molecule has 0 saturated carbocycles. The van der Waals surface area contributed by atoms with E-state index in [1.807, 2.05) is 12.1 Å². The predicted octanol–water partition coefficient (Wildman–Crippen LogP) is 3.08. The van der Waals surface area contributed by atoms with E-state index in [-0.39, 0.29) is 0 Å². The lowest BCUT2D eigenvalue weighted by Gasteiger charge is -2.10. The molecule has 0 aliphatic rings. The van der Waals surface area contributed by atoms with Crippen LogP contribution in [0.3, 0.4) is 0 Å². The number of hydrogen-bond donors (Lipinski definition) is 1. The van der Waals surface area contributed by atoms with Crippen LogP contribution < -0.4 is 0 Å². The zero-order chi connectivity index (χ0) is 9.68. The molecule has 0 amide bonds. The lowest BCUT2D eigenvalue weighted by Crippen LogP contribution is -1.94. The minimum atomic E-state index is 0.291. The quantitative estimate of drug-likeness (QED) is 0.694. The highest BCUT2D eigenvalue weighted by Gasteiger charge is 2.09. The molecule has 1 aromatic rings. The Hall–Kier alpha value is -1.50. The van der Waals surface area contributed by atoms with Gasteiger partial charge in [0.25, 0.3) is 0 Å². The lowest BCUT2D eigenvalue weighted by molar-refractivity contribution is 0.470. The van der Waals surface area contributed by atoms with Gasteiger partial charge in [0.1, 0.15) is 5.75 Å². The molecule has 0 fully saturated rings. The maximum absolute atomic E-state index is 9.54. The smallest absolute Gasteiger partial charge is 0.119 e. The number of phenolic OH excluding ortho intramolecular Hbond substituents is 1. The van der Waals surface area contributed by atoms with Gasteiger partial charge in [-0.3, -0.25) is 0 Å². The summed E-state index contributed by atoms with van der Waals surface area (Å²) in [6, 6.07) is 7.23. The number of benzene rings is 1. The van der Waals surface area contributed by atoms with Crippen LogP contribution >= 0.6 is 0 Å². The minimum absolute atomic E-state index is 0.291. The van der Waals surface area contributed by atoms with E-state index >= 15 is 0 Å². The molecule has 1 aromatic carbocycles. The summed E-state index contributed by atoms with van der Waals surface area (Å²) in [5.41, 5.74) is 0.831. The van der Waals surface area contributed by atoms with E-state index in [1.165, 1.54) is 0 Å². The summed E-state index contributed by atoms with van der Waals surface area (Å²) < 4.78 is 0. The summed E-state index contributed by atoms with van der Waals surface area (Å²) in [5, 5.41) is 9.54. The van der Waals surface area contributed by atoms with E-state index in [0.29, 0.717) is 5.75 Å². The van der Waals surface area contributed by atoms with Gasteiger partial charge in [-0.2, -0.15) is 0 Å². The Balaban J connectivity index is 2.96. The van der Waals surface area contributed by atoms with Gasteiger partial charge >= 0.3 is 0 Å². The summed E-state index contributed by atoms with van der Waals surface area (Å²) in [7, 11) is 0. The monoisotopic (exact) mass is 173 g/mol. The second-order valence-electron chi connectivity index (χ2n) is 2.74. The van der Waals surface area contributed by atoms with Crippen molar-refractivity contribution < 1.29 is 5.11 Å². The zero-order valence-corrected chi connectivity index (χ0v) is 7.53. The normalized spacial score (nSPS) is 9.92. The van der Waals surface area contributed by atoms with E-state index in [4.69, 9.17) is 0 Å². The molecule has 1 N–H and O–H groups in total. The Morgan fingerprint density at radius 1 is 1.31 bits per heavy atom. The van der Waals surface area contributed by atoms with Gasteiger partial charge in [-0.05, 0) is 12.5 Å². The molecule has 0 unspecified atom stereocenters. The van der Waals surface area contributed by atoms with Crippen LogP contribution in [0.5, 0.6) is 5.75 Å². The van der Waals surface area contributed by atoms with Gasteiger partial charge < -0.3 is 5.11 Å². The SMILES string of the molecule is C=CC[C](C=C)c1ccccc1O. The summed E-state index contributed by atoms with van der Waals surface area (Å²) in [5.74, 6) is 1.28. The molecule has 0 heterocycles. The second kappa shape index (κ2) is 4.51. The molecular weight excluding hydrogens is 160 g/mol. The van der Waals surface area contributed by atoms with Crippen molar-refractivity contribution in [2.45, 2.75) is 6.42 Å². The van der Waals surface area contributed by atoms with Gasteiger partial charge in [0.2, 0.25) is 0 Å². The molecule has 0 bridgehead atoms. The second-order valence-corrected chi connectivity index (χ2v) is 2.74. The molecular formula is C12H13O. The average Bonchev–Trinajstić information content (AvgIpc) is 2.16. The first-order valence-electron chi connectivity index (χ1n) is 4.17. The number of rotatable bonds is 4. The van der Waals surface area contributed by atoms with E-state index in [9.17, 15) is 5.11 Å². The van der Waals surface area contributed by atoms with Crippen LogP contribution in [0, 0.1) is 5.92 Å². The molecule has 0 aliphatic heterocycles. The van der Waals surface area contributed by atoms with Crippen LogP contribution in [-0.2, 0) is 0 Å². The fraction of sp³-hybridized carbons (Fsp3) is 0.0833. The number of allylic oxidation sites excluding steroid dienone is 2. The molecule has 1 radical (unpaired) electrons. The highest BCUT2D eigenvalue weighted by Crippen LogP contribution is 2.27. The number of phenols is 1. The maximum atomic E-state index is 9.54. The van der Waals surface area contributed by atoms with Crippen LogP contribution in [0.4, 0.5) is 0 Å². The molecule has 0 saturated heterocycles. The third-order valence-corrected chi connectivity index (χ3v) is 1.86. The first kappa shape index (κ1) is 9.59. The van der Waals surface area contributed by atoms with Gasteiger partial charge in [-0.1, -0.05) is 30.4 Å². The van der Waals surface area contributed by atoms with Gasteiger partial charge in [-0.25, -0.2) is 0 Å². The molecule has 0 atom stereocenters. The van der Waals surface area contributed by atoms with Crippen LogP contribution in [0.2, 0.25) is 0 Å². The van der Waals surface area contributed by atoms with Gasteiger partial charge in [0.05, 0.1) is 0 Å². The summed E-state index contributed by atoms with van der Waals surface area (Å²) >= 11 is 0. The Morgan fingerprint density at radius 2 is 2.00 bits per heavy atom. The van der Waals surface area contributed by atoms with Gasteiger partial charge in [-0.15, -0.1) is 13.2 Å². The molecule has 1 rings (SSSR count). The number of para-hydroxylation sites is 1. The topological polar surface area (TPSA) is 20.2 Å². The molecule has 67 valence electrons. The van der Waals surface area contributed by atoms with Gasteiger partial charge in [0.15, 0.2) is 0 Å². The Bertz CT molecular complexity index is 302. The minimum Gasteiger partial charge on any atom is -0.508 e. The fourth-order valence-corrected chi connectivity index (χ4v) is 1.20. The Morgan fingerprint density at radius 3 is 2.54 bits per heavy atom. The van der Waals surface area contributed by atoms with E-state index in [0.717, 1.165) is 17.9 Å². The average molecular weight is 173 g/mol. The summed E-state index contributed by atoms with van der Waals surface area (Å²) in [6.45, 7) is 7.35. The summed E-state index contributed by atoms with van der Waals surface area (Å²) in [4.78, 5) is 0. The van der Waals surface area contributed by atoms with E-state index in [2.05, 4.69) is 13.2 Å². The Labute approximate surface area is 79.0 Å². The highest BCUT2D eigenvalue weighted by atomic mass is 16.3. The first-order valence-corrected chi connectivity index (χ1v) is 4.17. The first-order chi connectivity index (χ1) is 6.29. The van der Waals surface area contributed by atoms with Crippen LogP contribution in [0.25, 0.3) is 0 Å². The third kappa shape index (κ3) is 2.22. The van der Waals surface area contributed by atoms with E-state index in [1.54, 1.807) is 24.3 Å². The van der Waals surface area contributed by atoms with Crippen molar-refractivity contribution in [2.75, 3.05) is 0 Å². The largest absolute Gasteiger partial charge is 0.508 e. The van der Waals surface area contributed by atoms with Crippen molar-refractivity contribution in [1.82, 2.24) is 0 Å². The van der Waals surface area contributed by atoms with Crippen molar-refractivity contribution in [3.63, 3.8) is 0 Å². The molecule has 0 aliphatic carbocycles. The van der Waals surface area contributed by atoms with Crippen molar-refractivity contribution in [3.8, 4) is 5.75 Å². The summed E-state index contributed by atoms with van der Waals surface area (Å²) in [6.07, 6.45) is 4.27. The predicted molar refractivity (Wildman–Crippen MR) is 55.5 cm³/mol. The van der Waals surface area contributed by atoms with Crippen LogP contribution in [0.15, 0.2) is 49.6 Å². The van der Waals surface area contributed by atoms with Crippen molar-refractivity contribution in [2.24, 2.45) is 0 Å². The fourth-order valence-electron chi connectivity index (χ4n) is 1.20. The zero-order valence-electron chi connectivity index (χ0n) is 7.53. The van der Waals surface area contributed by atoms with E-state index < -0.39 is 0 Å². The van der Waals surface area contributed by atoms with Crippen LogP contribution in [0.1, 0.15) is 12.0 Å².